The number of nitrogens with zero attached hydrogens (tertiary/aromatic N) is 2. The smallest absolute Gasteiger partial charge is 0.227 e. The third-order valence-corrected chi connectivity index (χ3v) is 4.87. The van der Waals surface area contributed by atoms with Crippen LogP contribution in [0.15, 0.2) is 24.3 Å². The van der Waals surface area contributed by atoms with Crippen molar-refractivity contribution in [1.29, 1.82) is 0 Å². The molecule has 2 saturated heterocycles. The molecule has 1 atom stereocenters. The van der Waals surface area contributed by atoms with E-state index in [1.807, 2.05) is 4.90 Å². The number of benzene rings is 1. The van der Waals surface area contributed by atoms with Gasteiger partial charge in [0, 0.05) is 45.2 Å². The number of carbonyl (C=O) groups is 2. The molecule has 26 heavy (non-hydrogen) atoms. The van der Waals surface area contributed by atoms with Gasteiger partial charge in [0.2, 0.25) is 11.8 Å². The largest absolute Gasteiger partial charge is 0.378 e. The van der Waals surface area contributed by atoms with E-state index < -0.39 is 0 Å². The minimum absolute atomic E-state index is 0.0211. The SMILES string of the molecule is O=C(Cc1cccc(F)c1)N1CCCN(C(=O)CC2COCCN2)CC1. The molecule has 2 aliphatic heterocycles. The van der Waals surface area contributed by atoms with Gasteiger partial charge in [-0.1, -0.05) is 12.1 Å². The molecule has 1 N–H and O–H groups in total. The molecule has 2 amide bonds. The molecule has 1 aromatic carbocycles. The Morgan fingerprint density at radius 3 is 2.62 bits per heavy atom. The molecule has 0 bridgehead atoms. The van der Waals surface area contributed by atoms with Crippen molar-refractivity contribution in [2.24, 2.45) is 0 Å². The lowest BCUT2D eigenvalue weighted by atomic mass is 10.1. The van der Waals surface area contributed by atoms with Crippen molar-refractivity contribution in [3.63, 3.8) is 0 Å². The van der Waals surface area contributed by atoms with Crippen LogP contribution in [0.4, 0.5) is 4.39 Å². The van der Waals surface area contributed by atoms with Crippen LogP contribution in [0.3, 0.4) is 0 Å². The van der Waals surface area contributed by atoms with Crippen molar-refractivity contribution in [1.82, 2.24) is 15.1 Å². The summed E-state index contributed by atoms with van der Waals surface area (Å²) >= 11 is 0. The average Bonchev–Trinajstić information content (AvgIpc) is 2.89. The van der Waals surface area contributed by atoms with Crippen molar-refractivity contribution in [2.75, 3.05) is 45.9 Å². The molecule has 2 aliphatic rings. The lowest BCUT2D eigenvalue weighted by Gasteiger charge is -2.27. The van der Waals surface area contributed by atoms with Crippen molar-refractivity contribution < 1.29 is 18.7 Å². The molecule has 0 aliphatic carbocycles. The fourth-order valence-electron chi connectivity index (χ4n) is 3.44. The van der Waals surface area contributed by atoms with E-state index >= 15 is 0 Å². The minimum Gasteiger partial charge on any atom is -0.378 e. The first-order chi connectivity index (χ1) is 12.6. The van der Waals surface area contributed by atoms with Crippen molar-refractivity contribution in [3.8, 4) is 0 Å². The Bertz CT molecular complexity index is 634. The molecule has 2 fully saturated rings. The highest BCUT2D eigenvalue weighted by Crippen LogP contribution is 2.11. The van der Waals surface area contributed by atoms with Gasteiger partial charge in [0.25, 0.3) is 0 Å². The van der Waals surface area contributed by atoms with Crippen molar-refractivity contribution in [2.45, 2.75) is 25.3 Å². The van der Waals surface area contributed by atoms with Crippen LogP contribution in [0, 0.1) is 5.82 Å². The van der Waals surface area contributed by atoms with Gasteiger partial charge < -0.3 is 19.9 Å². The van der Waals surface area contributed by atoms with Gasteiger partial charge in [-0.3, -0.25) is 9.59 Å². The molecule has 0 aromatic heterocycles. The minimum atomic E-state index is -0.330. The average molecular weight is 363 g/mol. The summed E-state index contributed by atoms with van der Waals surface area (Å²) in [7, 11) is 0. The van der Waals surface area contributed by atoms with E-state index in [2.05, 4.69) is 5.32 Å². The third kappa shape index (κ3) is 5.25. The molecule has 0 spiro atoms. The number of hydrogen-bond donors (Lipinski definition) is 1. The zero-order chi connectivity index (χ0) is 18.4. The number of halogens is 1. The first-order valence-electron chi connectivity index (χ1n) is 9.23. The van der Waals surface area contributed by atoms with Gasteiger partial charge in [-0.2, -0.15) is 0 Å². The Labute approximate surface area is 153 Å². The lowest BCUT2D eigenvalue weighted by Crippen LogP contribution is -2.45. The maximum absolute atomic E-state index is 13.3. The molecule has 142 valence electrons. The lowest BCUT2D eigenvalue weighted by molar-refractivity contribution is -0.134. The van der Waals surface area contributed by atoms with Crippen LogP contribution in [0.1, 0.15) is 18.4 Å². The topological polar surface area (TPSA) is 61.9 Å². The summed E-state index contributed by atoms with van der Waals surface area (Å²) in [5, 5.41) is 3.30. The van der Waals surface area contributed by atoms with Crippen LogP contribution in [0.25, 0.3) is 0 Å². The Kier molecular flexibility index (Phi) is 6.57. The summed E-state index contributed by atoms with van der Waals surface area (Å²) in [5.74, 6) is -0.247. The maximum Gasteiger partial charge on any atom is 0.227 e. The number of carbonyl (C=O) groups excluding carboxylic acids is 2. The predicted molar refractivity (Wildman–Crippen MR) is 95.1 cm³/mol. The summed E-state index contributed by atoms with van der Waals surface area (Å²) in [6.07, 6.45) is 1.38. The monoisotopic (exact) mass is 363 g/mol. The molecule has 0 radical (unpaired) electrons. The molecule has 3 rings (SSSR count). The number of rotatable bonds is 4. The second-order valence-electron chi connectivity index (χ2n) is 6.85. The van der Waals surface area contributed by atoms with E-state index in [0.29, 0.717) is 51.4 Å². The number of hydrogen-bond acceptors (Lipinski definition) is 4. The van der Waals surface area contributed by atoms with Crippen LogP contribution in [0.2, 0.25) is 0 Å². The summed E-state index contributed by atoms with van der Waals surface area (Å²) in [6, 6.07) is 6.21. The number of ether oxygens (including phenoxy) is 1. The Hall–Kier alpha value is -1.99. The van der Waals surface area contributed by atoms with Gasteiger partial charge >= 0.3 is 0 Å². The van der Waals surface area contributed by atoms with E-state index in [4.69, 9.17) is 4.74 Å². The van der Waals surface area contributed by atoms with Gasteiger partial charge in [-0.25, -0.2) is 4.39 Å². The van der Waals surface area contributed by atoms with Crippen LogP contribution < -0.4 is 5.32 Å². The van der Waals surface area contributed by atoms with Crippen LogP contribution in [-0.4, -0.2) is 73.6 Å². The van der Waals surface area contributed by atoms with Gasteiger partial charge in [-0.05, 0) is 24.1 Å². The van der Waals surface area contributed by atoms with Gasteiger partial charge in [0.1, 0.15) is 5.82 Å². The standard InChI is InChI=1S/C19H26FN3O3/c20-16-4-1-3-15(11-16)12-18(24)22-6-2-7-23(9-8-22)19(25)13-17-14-26-10-5-21-17/h1,3-4,11,17,21H,2,5-10,12-14H2. The predicted octanol–water partition coefficient (Wildman–Crippen LogP) is 0.808. The fraction of sp³-hybridized carbons (Fsp3) is 0.579. The maximum atomic E-state index is 13.3. The zero-order valence-corrected chi connectivity index (χ0v) is 15.0. The van der Waals surface area contributed by atoms with Crippen LogP contribution >= 0.6 is 0 Å². The van der Waals surface area contributed by atoms with E-state index in [-0.39, 0.29) is 30.1 Å². The Morgan fingerprint density at radius 2 is 1.92 bits per heavy atom. The quantitative estimate of drug-likeness (QED) is 0.860. The van der Waals surface area contributed by atoms with E-state index in [1.54, 1.807) is 17.0 Å². The second kappa shape index (κ2) is 9.09. The van der Waals surface area contributed by atoms with Gasteiger partial charge in [0.05, 0.1) is 19.6 Å². The number of amides is 2. The first-order valence-corrected chi connectivity index (χ1v) is 9.23. The Morgan fingerprint density at radius 1 is 1.15 bits per heavy atom. The van der Waals surface area contributed by atoms with Crippen LogP contribution in [0.5, 0.6) is 0 Å². The highest BCUT2D eigenvalue weighted by Gasteiger charge is 2.24. The highest BCUT2D eigenvalue weighted by molar-refractivity contribution is 5.79. The number of nitrogens with one attached hydrogen (secondary N) is 1. The molecule has 2 heterocycles. The Balaban J connectivity index is 1.49. The van der Waals surface area contributed by atoms with Gasteiger partial charge in [0.15, 0.2) is 0 Å². The number of morpholine rings is 1. The zero-order valence-electron chi connectivity index (χ0n) is 15.0. The van der Waals surface area contributed by atoms with Gasteiger partial charge in [-0.15, -0.1) is 0 Å². The summed E-state index contributed by atoms with van der Waals surface area (Å²) in [6.45, 7) is 4.39. The first kappa shape index (κ1) is 18.8. The van der Waals surface area contributed by atoms with Crippen molar-refractivity contribution in [3.05, 3.63) is 35.6 Å². The highest BCUT2D eigenvalue weighted by atomic mass is 19.1. The molecule has 7 heteroatoms. The van der Waals surface area contributed by atoms with Crippen molar-refractivity contribution >= 4 is 11.8 Å². The second-order valence-corrected chi connectivity index (χ2v) is 6.85. The third-order valence-electron chi connectivity index (χ3n) is 4.87. The summed E-state index contributed by atoms with van der Waals surface area (Å²) < 4.78 is 18.7. The summed E-state index contributed by atoms with van der Waals surface area (Å²) in [5.41, 5.74) is 0.676. The molecule has 0 saturated carbocycles. The van der Waals surface area contributed by atoms with Crippen LogP contribution in [-0.2, 0) is 20.7 Å². The van der Waals surface area contributed by atoms with E-state index in [9.17, 15) is 14.0 Å². The molecular weight excluding hydrogens is 337 g/mol. The normalized spacial score (nSPS) is 21.3. The summed E-state index contributed by atoms with van der Waals surface area (Å²) in [4.78, 5) is 28.6. The molecular formula is C19H26FN3O3. The molecule has 1 aromatic rings. The fourth-order valence-corrected chi connectivity index (χ4v) is 3.44. The van der Waals surface area contributed by atoms with E-state index in [0.717, 1.165) is 13.0 Å². The molecule has 1 unspecified atom stereocenters. The van der Waals surface area contributed by atoms with E-state index in [1.165, 1.54) is 12.1 Å². The molecule has 6 nitrogen and oxygen atoms in total.